The molecule has 1 saturated heterocycles. The standard InChI is InChI=1S/C10H15N2/c1-2-7-12(8-3-1)9-10-5-4-6-11-10/h1-3,7-8,10-11H,4-6,9H2/q+1. The van der Waals surface area contributed by atoms with E-state index in [2.05, 4.69) is 40.5 Å². The summed E-state index contributed by atoms with van der Waals surface area (Å²) >= 11 is 0. The molecule has 1 aromatic heterocycles. The van der Waals surface area contributed by atoms with E-state index in [0.717, 1.165) is 6.54 Å². The lowest BCUT2D eigenvalue weighted by atomic mass is 10.2. The molecule has 1 aliphatic heterocycles. The summed E-state index contributed by atoms with van der Waals surface area (Å²) < 4.78 is 2.24. The lowest BCUT2D eigenvalue weighted by Crippen LogP contribution is -2.42. The van der Waals surface area contributed by atoms with Crippen LogP contribution in [0.3, 0.4) is 0 Å². The van der Waals surface area contributed by atoms with Crippen molar-refractivity contribution in [3.63, 3.8) is 0 Å². The molecule has 12 heavy (non-hydrogen) atoms. The second kappa shape index (κ2) is 3.68. The Morgan fingerprint density at radius 2 is 2.08 bits per heavy atom. The molecule has 0 bridgehead atoms. The van der Waals surface area contributed by atoms with E-state index in [9.17, 15) is 0 Å². The van der Waals surface area contributed by atoms with Gasteiger partial charge in [0, 0.05) is 12.1 Å². The second-order valence-electron chi connectivity index (χ2n) is 3.37. The normalized spacial score (nSPS) is 22.8. The van der Waals surface area contributed by atoms with Crippen LogP contribution in [0.25, 0.3) is 0 Å². The number of hydrogen-bond donors (Lipinski definition) is 1. The summed E-state index contributed by atoms with van der Waals surface area (Å²) in [5, 5.41) is 3.48. The van der Waals surface area contributed by atoms with Crippen LogP contribution in [0.15, 0.2) is 30.6 Å². The smallest absolute Gasteiger partial charge is 0.168 e. The van der Waals surface area contributed by atoms with Crippen molar-refractivity contribution in [1.29, 1.82) is 0 Å². The molecule has 1 aliphatic rings. The fourth-order valence-electron chi connectivity index (χ4n) is 1.72. The number of hydrogen-bond acceptors (Lipinski definition) is 1. The van der Waals surface area contributed by atoms with E-state index < -0.39 is 0 Å². The number of aromatic nitrogens is 1. The summed E-state index contributed by atoms with van der Waals surface area (Å²) in [6.45, 7) is 2.30. The third-order valence-electron chi connectivity index (χ3n) is 2.37. The predicted octanol–water partition coefficient (Wildman–Crippen LogP) is 0.726. The second-order valence-corrected chi connectivity index (χ2v) is 3.37. The Labute approximate surface area is 73.2 Å². The number of pyridine rings is 1. The third-order valence-corrected chi connectivity index (χ3v) is 2.37. The molecule has 2 heterocycles. The van der Waals surface area contributed by atoms with Gasteiger partial charge in [0.1, 0.15) is 0 Å². The lowest BCUT2D eigenvalue weighted by molar-refractivity contribution is -0.699. The predicted molar refractivity (Wildman–Crippen MR) is 47.7 cm³/mol. The van der Waals surface area contributed by atoms with Crippen molar-refractivity contribution in [2.75, 3.05) is 6.54 Å². The van der Waals surface area contributed by atoms with Crippen LogP contribution >= 0.6 is 0 Å². The van der Waals surface area contributed by atoms with Gasteiger partial charge >= 0.3 is 0 Å². The van der Waals surface area contributed by atoms with E-state index in [0.29, 0.717) is 6.04 Å². The zero-order valence-corrected chi connectivity index (χ0v) is 7.24. The maximum absolute atomic E-state index is 3.48. The van der Waals surface area contributed by atoms with Gasteiger partial charge in [0.2, 0.25) is 0 Å². The minimum atomic E-state index is 0.692. The third kappa shape index (κ3) is 1.83. The molecule has 1 fully saturated rings. The molecule has 0 radical (unpaired) electrons. The topological polar surface area (TPSA) is 15.9 Å². The molecule has 0 aromatic carbocycles. The largest absolute Gasteiger partial charge is 0.308 e. The average Bonchev–Trinajstić information content (AvgIpc) is 2.59. The Morgan fingerprint density at radius 1 is 1.25 bits per heavy atom. The highest BCUT2D eigenvalue weighted by molar-refractivity contribution is 4.84. The van der Waals surface area contributed by atoms with Gasteiger partial charge in [0.15, 0.2) is 18.9 Å². The summed E-state index contributed by atoms with van der Waals surface area (Å²) in [7, 11) is 0. The Morgan fingerprint density at radius 3 is 2.75 bits per heavy atom. The minimum absolute atomic E-state index is 0.692. The van der Waals surface area contributed by atoms with Gasteiger partial charge in [0.25, 0.3) is 0 Å². The zero-order chi connectivity index (χ0) is 8.23. The molecule has 0 spiro atoms. The van der Waals surface area contributed by atoms with Gasteiger partial charge in [-0.05, 0) is 19.4 Å². The monoisotopic (exact) mass is 163 g/mol. The van der Waals surface area contributed by atoms with Crippen LogP contribution in [-0.4, -0.2) is 12.6 Å². The van der Waals surface area contributed by atoms with Gasteiger partial charge in [-0.2, -0.15) is 0 Å². The fourth-order valence-corrected chi connectivity index (χ4v) is 1.72. The Kier molecular flexibility index (Phi) is 2.37. The van der Waals surface area contributed by atoms with Crippen LogP contribution in [0.5, 0.6) is 0 Å². The molecule has 64 valence electrons. The SMILES string of the molecule is c1cc[n+](CC2CCCN2)cc1. The van der Waals surface area contributed by atoms with Crippen molar-refractivity contribution in [2.24, 2.45) is 0 Å². The number of rotatable bonds is 2. The van der Waals surface area contributed by atoms with Gasteiger partial charge in [-0.3, -0.25) is 0 Å². The lowest BCUT2D eigenvalue weighted by Gasteiger charge is -2.04. The first-order valence-electron chi connectivity index (χ1n) is 4.62. The van der Waals surface area contributed by atoms with Crippen LogP contribution in [0.2, 0.25) is 0 Å². The highest BCUT2D eigenvalue weighted by atomic mass is 15.0. The maximum atomic E-state index is 3.48. The van der Waals surface area contributed by atoms with E-state index in [1.165, 1.54) is 19.4 Å². The minimum Gasteiger partial charge on any atom is -0.308 e. The van der Waals surface area contributed by atoms with Crippen molar-refractivity contribution in [2.45, 2.75) is 25.4 Å². The average molecular weight is 163 g/mol. The Bertz CT molecular complexity index is 227. The van der Waals surface area contributed by atoms with E-state index in [4.69, 9.17) is 0 Å². The van der Waals surface area contributed by atoms with Crippen LogP contribution < -0.4 is 9.88 Å². The van der Waals surface area contributed by atoms with Crippen molar-refractivity contribution < 1.29 is 4.57 Å². The van der Waals surface area contributed by atoms with Crippen LogP contribution in [0, 0.1) is 0 Å². The number of nitrogens with zero attached hydrogens (tertiary/aromatic N) is 1. The van der Waals surface area contributed by atoms with E-state index in [1.807, 2.05) is 0 Å². The molecule has 0 amide bonds. The first-order chi connectivity index (χ1) is 5.95. The maximum Gasteiger partial charge on any atom is 0.168 e. The summed E-state index contributed by atoms with van der Waals surface area (Å²) in [4.78, 5) is 0. The zero-order valence-electron chi connectivity index (χ0n) is 7.24. The molecule has 1 aromatic rings. The Hall–Kier alpha value is -0.890. The summed E-state index contributed by atoms with van der Waals surface area (Å²) in [5.41, 5.74) is 0. The van der Waals surface area contributed by atoms with Crippen molar-refractivity contribution >= 4 is 0 Å². The van der Waals surface area contributed by atoms with Gasteiger partial charge in [-0.1, -0.05) is 6.07 Å². The molecule has 1 N–H and O–H groups in total. The summed E-state index contributed by atoms with van der Waals surface area (Å²) in [5.74, 6) is 0. The van der Waals surface area contributed by atoms with Crippen molar-refractivity contribution in [1.82, 2.24) is 5.32 Å². The molecule has 2 heteroatoms. The van der Waals surface area contributed by atoms with Crippen molar-refractivity contribution in [3.05, 3.63) is 30.6 Å². The molecule has 1 unspecified atom stereocenters. The molecule has 0 saturated carbocycles. The van der Waals surface area contributed by atoms with Gasteiger partial charge in [0.05, 0.1) is 6.04 Å². The Balaban J connectivity index is 1.94. The van der Waals surface area contributed by atoms with Crippen LogP contribution in [0.1, 0.15) is 12.8 Å². The summed E-state index contributed by atoms with van der Waals surface area (Å²) in [6.07, 6.45) is 6.90. The van der Waals surface area contributed by atoms with Gasteiger partial charge in [-0.15, -0.1) is 0 Å². The molecule has 2 rings (SSSR count). The fraction of sp³-hybridized carbons (Fsp3) is 0.500. The quantitative estimate of drug-likeness (QED) is 0.635. The number of nitrogens with one attached hydrogen (secondary N) is 1. The van der Waals surface area contributed by atoms with Crippen molar-refractivity contribution in [3.8, 4) is 0 Å². The van der Waals surface area contributed by atoms with Crippen LogP contribution in [0.4, 0.5) is 0 Å². The van der Waals surface area contributed by atoms with Gasteiger partial charge in [-0.25, -0.2) is 4.57 Å². The molecular weight excluding hydrogens is 148 g/mol. The summed E-state index contributed by atoms with van der Waals surface area (Å²) in [6, 6.07) is 6.90. The first-order valence-corrected chi connectivity index (χ1v) is 4.62. The van der Waals surface area contributed by atoms with Gasteiger partial charge < -0.3 is 5.32 Å². The highest BCUT2D eigenvalue weighted by Crippen LogP contribution is 2.03. The van der Waals surface area contributed by atoms with E-state index in [-0.39, 0.29) is 0 Å². The molecule has 2 nitrogen and oxygen atoms in total. The molecule has 1 atom stereocenters. The molecular formula is C10H15N2+. The van der Waals surface area contributed by atoms with E-state index in [1.54, 1.807) is 0 Å². The van der Waals surface area contributed by atoms with E-state index >= 15 is 0 Å². The first kappa shape index (κ1) is 7.74. The highest BCUT2D eigenvalue weighted by Gasteiger charge is 2.17. The van der Waals surface area contributed by atoms with Crippen LogP contribution in [-0.2, 0) is 6.54 Å². The molecule has 0 aliphatic carbocycles.